The van der Waals surface area contributed by atoms with Gasteiger partial charge in [-0.15, -0.1) is 0 Å². The Morgan fingerprint density at radius 2 is 1.91 bits per heavy atom. The molecule has 4 heterocycles. The zero-order valence-corrected chi connectivity index (χ0v) is 17.4. The van der Waals surface area contributed by atoms with E-state index < -0.39 is 0 Å². The molecule has 32 heavy (non-hydrogen) atoms. The molecule has 0 aliphatic heterocycles. The van der Waals surface area contributed by atoms with E-state index in [1.807, 2.05) is 49.4 Å². The Balaban J connectivity index is 1.77. The third-order valence-electron chi connectivity index (χ3n) is 5.25. The number of hydrogen-bond donors (Lipinski definition) is 2. The van der Waals surface area contributed by atoms with Crippen molar-refractivity contribution < 1.29 is 5.11 Å². The number of hydrogen-bond acceptors (Lipinski definition) is 7. The summed E-state index contributed by atoms with van der Waals surface area (Å²) in [6, 6.07) is 17.1. The third kappa shape index (κ3) is 3.62. The van der Waals surface area contributed by atoms with Crippen LogP contribution in [0.3, 0.4) is 0 Å². The molecule has 8 nitrogen and oxygen atoms in total. The molecule has 1 aromatic carbocycles. The third-order valence-corrected chi connectivity index (χ3v) is 5.25. The van der Waals surface area contributed by atoms with E-state index in [0.29, 0.717) is 11.5 Å². The van der Waals surface area contributed by atoms with Gasteiger partial charge in [0.1, 0.15) is 6.33 Å². The molecule has 8 heteroatoms. The van der Waals surface area contributed by atoms with Gasteiger partial charge in [-0.3, -0.25) is 4.98 Å². The molecule has 3 N–H and O–H groups in total. The molecule has 0 aliphatic rings. The standard InChI is InChI=1S/C24H21N7O/c1-15(25)20-5-3-6-21(30-20)16-10-18(22-8-9-26-14-27-22)19-12-28-31(23(19)11-16)24-7-2-4-17(13-32)29-24/h2-12,14-15,32H,13,25H2,1H3. The molecule has 0 saturated heterocycles. The topological polar surface area (TPSA) is 116 Å². The fourth-order valence-electron chi connectivity index (χ4n) is 3.66. The highest BCUT2D eigenvalue weighted by molar-refractivity contribution is 5.97. The minimum absolute atomic E-state index is 0.140. The summed E-state index contributed by atoms with van der Waals surface area (Å²) in [6.07, 6.45) is 5.04. The molecule has 0 aliphatic carbocycles. The molecule has 158 valence electrons. The maximum absolute atomic E-state index is 9.50. The number of nitrogens with zero attached hydrogens (tertiary/aromatic N) is 6. The monoisotopic (exact) mass is 423 g/mol. The zero-order chi connectivity index (χ0) is 22.1. The molecule has 0 fully saturated rings. The van der Waals surface area contributed by atoms with Crippen molar-refractivity contribution in [1.82, 2.24) is 29.7 Å². The maximum atomic E-state index is 9.50. The second-order valence-corrected chi connectivity index (χ2v) is 7.49. The lowest BCUT2D eigenvalue weighted by Crippen LogP contribution is -2.07. The Morgan fingerprint density at radius 1 is 1.03 bits per heavy atom. The summed E-state index contributed by atoms with van der Waals surface area (Å²) in [5.41, 5.74) is 11.7. The van der Waals surface area contributed by atoms with Crippen molar-refractivity contribution in [3.63, 3.8) is 0 Å². The Hall–Kier alpha value is -4.01. The van der Waals surface area contributed by atoms with Gasteiger partial charge in [0, 0.05) is 28.8 Å². The van der Waals surface area contributed by atoms with E-state index in [-0.39, 0.29) is 12.6 Å². The van der Waals surface area contributed by atoms with Crippen molar-refractivity contribution in [3.05, 3.63) is 84.7 Å². The summed E-state index contributed by atoms with van der Waals surface area (Å²) in [7, 11) is 0. The normalized spacial score (nSPS) is 12.2. The summed E-state index contributed by atoms with van der Waals surface area (Å²) in [5, 5.41) is 15.0. The minimum atomic E-state index is -0.170. The molecule has 5 rings (SSSR count). The lowest BCUT2D eigenvalue weighted by molar-refractivity contribution is 0.276. The average Bonchev–Trinajstić information content (AvgIpc) is 3.28. The van der Waals surface area contributed by atoms with Crippen molar-refractivity contribution in [2.45, 2.75) is 19.6 Å². The predicted octanol–water partition coefficient (Wildman–Crippen LogP) is 3.45. The SMILES string of the molecule is CC(N)c1cccc(-c2cc(-c3ccncn3)c3cnn(-c4cccc(CO)n4)c3c2)n1. The number of fused-ring (bicyclic) bond motifs is 1. The zero-order valence-electron chi connectivity index (χ0n) is 17.4. The largest absolute Gasteiger partial charge is 0.390 e. The van der Waals surface area contributed by atoms with Crippen molar-refractivity contribution in [3.8, 4) is 28.3 Å². The summed E-state index contributed by atoms with van der Waals surface area (Å²) in [6.45, 7) is 1.77. The second-order valence-electron chi connectivity index (χ2n) is 7.49. The van der Waals surface area contributed by atoms with Gasteiger partial charge in [-0.25, -0.2) is 19.6 Å². The Bertz CT molecular complexity index is 1400. The molecule has 0 bridgehead atoms. The summed E-state index contributed by atoms with van der Waals surface area (Å²) >= 11 is 0. The molecule has 0 saturated carbocycles. The van der Waals surface area contributed by atoms with Gasteiger partial charge in [-0.1, -0.05) is 12.1 Å². The first-order valence-corrected chi connectivity index (χ1v) is 10.2. The van der Waals surface area contributed by atoms with Crippen LogP contribution in [-0.4, -0.2) is 34.8 Å². The molecule has 5 aromatic rings. The van der Waals surface area contributed by atoms with Crippen molar-refractivity contribution >= 4 is 10.9 Å². The molecule has 4 aromatic heterocycles. The number of pyridine rings is 2. The smallest absolute Gasteiger partial charge is 0.154 e. The number of benzene rings is 1. The highest BCUT2D eigenvalue weighted by Crippen LogP contribution is 2.33. The van der Waals surface area contributed by atoms with E-state index in [9.17, 15) is 5.11 Å². The average molecular weight is 423 g/mol. The molecule has 0 radical (unpaired) electrons. The lowest BCUT2D eigenvalue weighted by Gasteiger charge is -2.11. The highest BCUT2D eigenvalue weighted by atomic mass is 16.3. The van der Waals surface area contributed by atoms with E-state index in [1.54, 1.807) is 23.1 Å². The van der Waals surface area contributed by atoms with Crippen LogP contribution >= 0.6 is 0 Å². The van der Waals surface area contributed by atoms with Gasteiger partial charge < -0.3 is 10.8 Å². The van der Waals surface area contributed by atoms with Gasteiger partial charge in [0.25, 0.3) is 0 Å². The van der Waals surface area contributed by atoms with Crippen LogP contribution in [0.4, 0.5) is 0 Å². The number of aliphatic hydroxyl groups excluding tert-OH is 1. The van der Waals surface area contributed by atoms with Crippen LogP contribution < -0.4 is 5.73 Å². The van der Waals surface area contributed by atoms with Crippen LogP contribution in [0.25, 0.3) is 39.2 Å². The van der Waals surface area contributed by atoms with Gasteiger partial charge in [0.15, 0.2) is 5.82 Å². The van der Waals surface area contributed by atoms with E-state index in [4.69, 9.17) is 10.7 Å². The molecular formula is C24H21N7O. The molecule has 1 unspecified atom stereocenters. The van der Waals surface area contributed by atoms with Crippen LogP contribution in [0.1, 0.15) is 24.4 Å². The van der Waals surface area contributed by atoms with Crippen molar-refractivity contribution in [2.75, 3.05) is 0 Å². The van der Waals surface area contributed by atoms with Crippen molar-refractivity contribution in [1.29, 1.82) is 0 Å². The van der Waals surface area contributed by atoms with E-state index in [0.717, 1.165) is 39.1 Å². The number of aromatic nitrogens is 6. The first-order valence-electron chi connectivity index (χ1n) is 10.2. The van der Waals surface area contributed by atoms with Crippen LogP contribution in [0.15, 0.2) is 73.3 Å². The first-order chi connectivity index (χ1) is 15.6. The van der Waals surface area contributed by atoms with E-state index >= 15 is 0 Å². The quantitative estimate of drug-likeness (QED) is 0.445. The minimum Gasteiger partial charge on any atom is -0.390 e. The number of aliphatic hydroxyl groups is 1. The Kier molecular flexibility index (Phi) is 5.14. The first kappa shape index (κ1) is 19.9. The maximum Gasteiger partial charge on any atom is 0.154 e. The fraction of sp³-hybridized carbons (Fsp3) is 0.125. The second kappa shape index (κ2) is 8.26. The lowest BCUT2D eigenvalue weighted by atomic mass is 10.0. The van der Waals surface area contributed by atoms with Crippen molar-refractivity contribution in [2.24, 2.45) is 5.73 Å². The summed E-state index contributed by atoms with van der Waals surface area (Å²) in [4.78, 5) is 17.8. The summed E-state index contributed by atoms with van der Waals surface area (Å²) in [5.74, 6) is 0.620. The van der Waals surface area contributed by atoms with Crippen LogP contribution in [-0.2, 0) is 6.61 Å². The predicted molar refractivity (Wildman–Crippen MR) is 122 cm³/mol. The number of nitrogens with two attached hydrogens (primary N) is 1. The molecule has 0 amide bonds. The van der Waals surface area contributed by atoms with Gasteiger partial charge in [-0.2, -0.15) is 5.10 Å². The molecule has 1 atom stereocenters. The van der Waals surface area contributed by atoms with E-state index in [2.05, 4.69) is 26.1 Å². The van der Waals surface area contributed by atoms with Gasteiger partial charge in [-0.05, 0) is 49.4 Å². The molecule has 0 spiro atoms. The Morgan fingerprint density at radius 3 is 2.69 bits per heavy atom. The highest BCUT2D eigenvalue weighted by Gasteiger charge is 2.16. The molecular weight excluding hydrogens is 402 g/mol. The van der Waals surface area contributed by atoms with Gasteiger partial charge in [0.05, 0.1) is 41.1 Å². The van der Waals surface area contributed by atoms with E-state index in [1.165, 1.54) is 6.33 Å². The van der Waals surface area contributed by atoms with Crippen LogP contribution in [0.5, 0.6) is 0 Å². The summed E-state index contributed by atoms with van der Waals surface area (Å²) < 4.78 is 1.76. The van der Waals surface area contributed by atoms with Gasteiger partial charge in [0.2, 0.25) is 0 Å². The fourth-order valence-corrected chi connectivity index (χ4v) is 3.66. The number of rotatable bonds is 5. The van der Waals surface area contributed by atoms with Crippen LogP contribution in [0, 0.1) is 0 Å². The van der Waals surface area contributed by atoms with Gasteiger partial charge >= 0.3 is 0 Å². The van der Waals surface area contributed by atoms with Crippen LogP contribution in [0.2, 0.25) is 0 Å². The Labute approximate surface area is 184 Å².